The monoisotopic (exact) mass is 457 g/mol. The predicted octanol–water partition coefficient (Wildman–Crippen LogP) is 3.48. The normalized spacial score (nSPS) is 16.0. The summed E-state index contributed by atoms with van der Waals surface area (Å²) in [5.41, 5.74) is 1.67. The Labute approximate surface area is 187 Å². The number of fused-ring (bicyclic) bond motifs is 1. The first-order valence-corrected chi connectivity index (χ1v) is 12.1. The number of aliphatic carboxylic acids is 1. The maximum Gasteiger partial charge on any atom is 0.323 e. The van der Waals surface area contributed by atoms with Gasteiger partial charge < -0.3 is 14.4 Å². The van der Waals surface area contributed by atoms with Crippen LogP contribution >= 0.6 is 0 Å². The van der Waals surface area contributed by atoms with Crippen molar-refractivity contribution in [3.8, 4) is 5.75 Å². The fraction of sp³-hybridized carbons (Fsp3) is 0.391. The molecule has 3 heterocycles. The molecule has 0 saturated carbocycles. The van der Waals surface area contributed by atoms with Crippen molar-refractivity contribution >= 4 is 27.0 Å². The van der Waals surface area contributed by atoms with Crippen molar-refractivity contribution in [1.82, 2.24) is 13.9 Å². The third-order valence-corrected chi connectivity index (χ3v) is 7.61. The fourth-order valence-corrected chi connectivity index (χ4v) is 5.73. The second kappa shape index (κ2) is 8.91. The highest BCUT2D eigenvalue weighted by atomic mass is 32.2. The molecule has 1 saturated heterocycles. The summed E-state index contributed by atoms with van der Waals surface area (Å²) in [7, 11) is -3.58. The number of aromatic nitrogens is 2. The van der Waals surface area contributed by atoms with Gasteiger partial charge in [-0.2, -0.15) is 4.31 Å². The highest BCUT2D eigenvalue weighted by Crippen LogP contribution is 2.35. The molecule has 0 unspecified atom stereocenters. The summed E-state index contributed by atoms with van der Waals surface area (Å²) in [5, 5.41) is 10.1. The molecule has 32 heavy (non-hydrogen) atoms. The molecule has 1 aliphatic heterocycles. The number of benzene rings is 1. The van der Waals surface area contributed by atoms with Crippen molar-refractivity contribution in [3.05, 3.63) is 54.4 Å². The molecule has 2 aromatic heterocycles. The summed E-state index contributed by atoms with van der Waals surface area (Å²) in [4.78, 5) is 15.8. The molecule has 0 atom stereocenters. The van der Waals surface area contributed by atoms with Gasteiger partial charge in [-0.05, 0) is 74.6 Å². The fourth-order valence-electron chi connectivity index (χ4n) is 4.26. The third kappa shape index (κ3) is 4.49. The van der Waals surface area contributed by atoms with E-state index in [-0.39, 0.29) is 23.5 Å². The molecule has 0 spiro atoms. The highest BCUT2D eigenvalue weighted by Gasteiger charge is 2.31. The second-order valence-corrected chi connectivity index (χ2v) is 10.2. The number of hydrogen-bond donors (Lipinski definition) is 1. The summed E-state index contributed by atoms with van der Waals surface area (Å²) in [6.45, 7) is 4.50. The minimum atomic E-state index is -3.58. The summed E-state index contributed by atoms with van der Waals surface area (Å²) in [6.07, 6.45) is 4.85. The van der Waals surface area contributed by atoms with Gasteiger partial charge in [-0.3, -0.25) is 4.79 Å². The molecule has 3 aromatic rings. The largest absolute Gasteiger partial charge is 0.491 e. The molecule has 4 rings (SSSR count). The van der Waals surface area contributed by atoms with Gasteiger partial charge in [0.1, 0.15) is 17.9 Å². The van der Waals surface area contributed by atoms with Crippen LogP contribution in [0.3, 0.4) is 0 Å². The SMILES string of the molecule is CC(C)Oc1ccc(S(=O)(=O)N2CCC(c3cn(CC(=O)O)c4ncccc34)CC2)cc1. The van der Waals surface area contributed by atoms with E-state index in [1.165, 1.54) is 4.31 Å². The van der Waals surface area contributed by atoms with E-state index in [0.717, 1.165) is 10.9 Å². The van der Waals surface area contributed by atoms with Gasteiger partial charge in [-0.1, -0.05) is 0 Å². The summed E-state index contributed by atoms with van der Waals surface area (Å²) in [5.74, 6) is -0.140. The molecule has 1 N–H and O–H groups in total. The number of carboxylic acid groups (broad SMARTS) is 1. The van der Waals surface area contributed by atoms with Crippen molar-refractivity contribution in [2.45, 2.75) is 50.2 Å². The molecule has 1 aromatic carbocycles. The van der Waals surface area contributed by atoms with E-state index in [2.05, 4.69) is 4.98 Å². The summed E-state index contributed by atoms with van der Waals surface area (Å²) >= 11 is 0. The van der Waals surface area contributed by atoms with Crippen LogP contribution in [0.4, 0.5) is 0 Å². The zero-order valence-electron chi connectivity index (χ0n) is 18.1. The van der Waals surface area contributed by atoms with E-state index in [1.807, 2.05) is 32.2 Å². The Bertz CT molecular complexity index is 1210. The Morgan fingerprint density at radius 1 is 1.19 bits per heavy atom. The molecule has 8 nitrogen and oxygen atoms in total. The lowest BCUT2D eigenvalue weighted by atomic mass is 9.90. The minimum absolute atomic E-state index is 0.0214. The van der Waals surface area contributed by atoms with Crippen LogP contribution in [-0.4, -0.2) is 52.5 Å². The van der Waals surface area contributed by atoms with Crippen molar-refractivity contribution in [1.29, 1.82) is 0 Å². The van der Waals surface area contributed by atoms with Gasteiger partial charge >= 0.3 is 5.97 Å². The number of rotatable bonds is 7. The predicted molar refractivity (Wildman–Crippen MR) is 120 cm³/mol. The zero-order valence-corrected chi connectivity index (χ0v) is 19.0. The Kier molecular flexibility index (Phi) is 6.21. The quantitative estimate of drug-likeness (QED) is 0.583. The van der Waals surface area contributed by atoms with E-state index in [0.29, 0.717) is 37.3 Å². The Balaban J connectivity index is 1.50. The first-order chi connectivity index (χ1) is 15.3. The third-order valence-electron chi connectivity index (χ3n) is 5.70. The molecular weight excluding hydrogens is 430 g/mol. The number of hydrogen-bond acceptors (Lipinski definition) is 5. The topological polar surface area (TPSA) is 102 Å². The molecule has 0 radical (unpaired) electrons. The molecule has 0 bridgehead atoms. The van der Waals surface area contributed by atoms with E-state index >= 15 is 0 Å². The van der Waals surface area contributed by atoms with Crippen LogP contribution in [0.5, 0.6) is 5.75 Å². The van der Waals surface area contributed by atoms with Crippen LogP contribution < -0.4 is 4.74 Å². The van der Waals surface area contributed by atoms with E-state index in [1.54, 1.807) is 35.0 Å². The van der Waals surface area contributed by atoms with Crippen molar-refractivity contribution in [2.75, 3.05) is 13.1 Å². The minimum Gasteiger partial charge on any atom is -0.491 e. The average Bonchev–Trinajstić information content (AvgIpc) is 3.12. The molecule has 0 amide bonds. The van der Waals surface area contributed by atoms with E-state index < -0.39 is 16.0 Å². The first kappa shape index (κ1) is 22.3. The highest BCUT2D eigenvalue weighted by molar-refractivity contribution is 7.89. The van der Waals surface area contributed by atoms with Crippen molar-refractivity contribution in [3.63, 3.8) is 0 Å². The van der Waals surface area contributed by atoms with Crippen LogP contribution in [0.15, 0.2) is 53.7 Å². The number of ether oxygens (including phenoxy) is 1. The van der Waals surface area contributed by atoms with Crippen LogP contribution in [0.1, 0.15) is 38.2 Å². The number of piperidine rings is 1. The van der Waals surface area contributed by atoms with Crippen LogP contribution in [-0.2, 0) is 21.4 Å². The molecule has 9 heteroatoms. The zero-order chi connectivity index (χ0) is 22.9. The lowest BCUT2D eigenvalue weighted by Crippen LogP contribution is -2.37. The Morgan fingerprint density at radius 2 is 1.88 bits per heavy atom. The van der Waals surface area contributed by atoms with Gasteiger partial charge in [-0.25, -0.2) is 13.4 Å². The van der Waals surface area contributed by atoms with Gasteiger partial charge in [0.2, 0.25) is 10.0 Å². The maximum absolute atomic E-state index is 13.1. The molecule has 1 aliphatic rings. The van der Waals surface area contributed by atoms with Crippen LogP contribution in [0, 0.1) is 0 Å². The Hall–Kier alpha value is -2.91. The van der Waals surface area contributed by atoms with Gasteiger partial charge in [0.25, 0.3) is 0 Å². The van der Waals surface area contributed by atoms with Gasteiger partial charge in [-0.15, -0.1) is 0 Å². The molecular formula is C23H27N3O5S. The van der Waals surface area contributed by atoms with Gasteiger partial charge in [0.15, 0.2) is 0 Å². The smallest absolute Gasteiger partial charge is 0.323 e. The molecule has 0 aliphatic carbocycles. The maximum atomic E-state index is 13.1. The number of sulfonamides is 1. The summed E-state index contributed by atoms with van der Waals surface area (Å²) in [6, 6.07) is 10.3. The summed E-state index contributed by atoms with van der Waals surface area (Å²) < 4.78 is 35.0. The standard InChI is InChI=1S/C23H27N3O5S/c1-16(2)31-18-5-7-19(8-6-18)32(29,30)26-12-9-17(10-13-26)21-14-25(15-22(27)28)23-20(21)4-3-11-24-23/h3-8,11,14,16-17H,9-10,12-13,15H2,1-2H3,(H,27,28). The van der Waals surface area contributed by atoms with Crippen LogP contribution in [0.25, 0.3) is 11.0 Å². The first-order valence-electron chi connectivity index (χ1n) is 10.7. The number of carboxylic acids is 1. The van der Waals surface area contributed by atoms with Gasteiger partial charge in [0.05, 0.1) is 11.0 Å². The molecule has 170 valence electrons. The van der Waals surface area contributed by atoms with Crippen molar-refractivity contribution < 1.29 is 23.1 Å². The lowest BCUT2D eigenvalue weighted by molar-refractivity contribution is -0.137. The average molecular weight is 458 g/mol. The Morgan fingerprint density at radius 3 is 2.50 bits per heavy atom. The number of carbonyl (C=O) groups is 1. The number of nitrogens with zero attached hydrogens (tertiary/aromatic N) is 3. The second-order valence-electron chi connectivity index (χ2n) is 8.30. The van der Waals surface area contributed by atoms with Crippen molar-refractivity contribution in [2.24, 2.45) is 0 Å². The van der Waals surface area contributed by atoms with Crippen LogP contribution in [0.2, 0.25) is 0 Å². The molecule has 1 fully saturated rings. The number of pyridine rings is 1. The lowest BCUT2D eigenvalue weighted by Gasteiger charge is -2.31. The van der Waals surface area contributed by atoms with E-state index in [4.69, 9.17) is 4.74 Å². The van der Waals surface area contributed by atoms with E-state index in [9.17, 15) is 18.3 Å². The van der Waals surface area contributed by atoms with Gasteiger partial charge in [0, 0.05) is 30.9 Å².